The number of esters is 1. The van der Waals surface area contributed by atoms with Crippen molar-refractivity contribution in [3.63, 3.8) is 0 Å². The van der Waals surface area contributed by atoms with E-state index in [9.17, 15) is 14.0 Å². The van der Waals surface area contributed by atoms with Crippen LogP contribution in [-0.4, -0.2) is 18.9 Å². The molecule has 0 bridgehead atoms. The number of halogens is 1. The topological polar surface area (TPSA) is 52.6 Å². The van der Waals surface area contributed by atoms with Crippen LogP contribution in [-0.2, 0) is 9.53 Å². The summed E-state index contributed by atoms with van der Waals surface area (Å²) in [6.45, 7) is 3.31. The van der Waals surface area contributed by atoms with Gasteiger partial charge < -0.3 is 9.47 Å². The normalized spacial score (nSPS) is 13.0. The smallest absolute Gasteiger partial charge is 0.309 e. The predicted octanol–water partition coefficient (Wildman–Crippen LogP) is 4.35. The third-order valence-corrected chi connectivity index (χ3v) is 3.92. The van der Waals surface area contributed by atoms with Crippen LogP contribution >= 0.6 is 0 Å². The van der Waals surface area contributed by atoms with Crippen LogP contribution in [0.2, 0.25) is 0 Å². The van der Waals surface area contributed by atoms with Crippen molar-refractivity contribution in [2.24, 2.45) is 5.92 Å². The zero-order valence-corrected chi connectivity index (χ0v) is 14.5. The van der Waals surface area contributed by atoms with Crippen molar-refractivity contribution in [2.45, 2.75) is 26.4 Å². The zero-order valence-electron chi connectivity index (χ0n) is 14.5. The van der Waals surface area contributed by atoms with Crippen molar-refractivity contribution in [2.75, 3.05) is 7.11 Å². The fourth-order valence-electron chi connectivity index (χ4n) is 2.37. The van der Waals surface area contributed by atoms with Gasteiger partial charge in [-0.15, -0.1) is 0 Å². The molecule has 0 aliphatic carbocycles. The Labute approximate surface area is 146 Å². The average Bonchev–Trinajstić information content (AvgIpc) is 2.61. The summed E-state index contributed by atoms with van der Waals surface area (Å²) in [5.41, 5.74) is 1.08. The predicted molar refractivity (Wildman–Crippen MR) is 92.0 cm³/mol. The van der Waals surface area contributed by atoms with Crippen molar-refractivity contribution in [3.8, 4) is 5.75 Å². The van der Waals surface area contributed by atoms with Gasteiger partial charge in [0.2, 0.25) is 0 Å². The number of methoxy groups -OCH3 is 1. The quantitative estimate of drug-likeness (QED) is 0.553. The second kappa shape index (κ2) is 8.42. The molecule has 0 N–H and O–H groups in total. The van der Waals surface area contributed by atoms with Crippen LogP contribution in [0.5, 0.6) is 5.75 Å². The Kier molecular flexibility index (Phi) is 6.28. The lowest BCUT2D eigenvalue weighted by atomic mass is 9.99. The Morgan fingerprint density at radius 2 is 1.76 bits per heavy atom. The SMILES string of the molecule is COc1ccc(C(=O)C[C@H](C)C(=O)O[C@@H](C)c2cccc(F)c2)cc1. The first-order valence-electron chi connectivity index (χ1n) is 8.04. The van der Waals surface area contributed by atoms with Crippen LogP contribution in [0, 0.1) is 11.7 Å². The van der Waals surface area contributed by atoms with E-state index in [0.29, 0.717) is 16.9 Å². The van der Waals surface area contributed by atoms with Gasteiger partial charge >= 0.3 is 5.97 Å². The van der Waals surface area contributed by atoms with E-state index in [1.807, 2.05) is 0 Å². The minimum atomic E-state index is -0.592. The van der Waals surface area contributed by atoms with E-state index < -0.39 is 18.0 Å². The van der Waals surface area contributed by atoms with Gasteiger partial charge in [0, 0.05) is 12.0 Å². The highest BCUT2D eigenvalue weighted by Crippen LogP contribution is 2.21. The van der Waals surface area contributed by atoms with Crippen LogP contribution in [0.25, 0.3) is 0 Å². The fourth-order valence-corrected chi connectivity index (χ4v) is 2.37. The van der Waals surface area contributed by atoms with Gasteiger partial charge in [-0.25, -0.2) is 4.39 Å². The number of carbonyl (C=O) groups excluding carboxylic acids is 2. The first kappa shape index (κ1) is 18.6. The van der Waals surface area contributed by atoms with Crippen LogP contribution < -0.4 is 4.74 Å². The Morgan fingerprint density at radius 3 is 2.36 bits per heavy atom. The molecular weight excluding hydrogens is 323 g/mol. The highest BCUT2D eigenvalue weighted by molar-refractivity contribution is 5.98. The Bertz CT molecular complexity index is 740. The molecule has 0 saturated carbocycles. The molecule has 0 aliphatic heterocycles. The lowest BCUT2D eigenvalue weighted by molar-refractivity contribution is -0.152. The summed E-state index contributed by atoms with van der Waals surface area (Å²) in [7, 11) is 1.55. The highest BCUT2D eigenvalue weighted by atomic mass is 19.1. The van der Waals surface area contributed by atoms with Crippen LogP contribution in [0.3, 0.4) is 0 Å². The number of hydrogen-bond donors (Lipinski definition) is 0. The van der Waals surface area contributed by atoms with Gasteiger partial charge in [-0.3, -0.25) is 9.59 Å². The van der Waals surface area contributed by atoms with E-state index in [2.05, 4.69) is 0 Å². The molecule has 0 fully saturated rings. The summed E-state index contributed by atoms with van der Waals surface area (Å²) >= 11 is 0. The van der Waals surface area contributed by atoms with Crippen molar-refractivity contribution in [1.82, 2.24) is 0 Å². The molecule has 5 heteroatoms. The van der Waals surface area contributed by atoms with Gasteiger partial charge in [-0.1, -0.05) is 19.1 Å². The van der Waals surface area contributed by atoms with Gasteiger partial charge in [0.05, 0.1) is 13.0 Å². The lowest BCUT2D eigenvalue weighted by Crippen LogP contribution is -2.20. The summed E-state index contributed by atoms with van der Waals surface area (Å²) in [5.74, 6) is -0.953. The van der Waals surface area contributed by atoms with Crippen LogP contribution in [0.4, 0.5) is 4.39 Å². The molecule has 0 amide bonds. The van der Waals surface area contributed by atoms with Crippen molar-refractivity contribution in [1.29, 1.82) is 0 Å². The third kappa shape index (κ3) is 5.14. The van der Waals surface area contributed by atoms with Gasteiger partial charge in [0.15, 0.2) is 5.78 Å². The van der Waals surface area contributed by atoms with E-state index in [4.69, 9.17) is 9.47 Å². The lowest BCUT2D eigenvalue weighted by Gasteiger charge is -2.17. The van der Waals surface area contributed by atoms with Gasteiger partial charge in [-0.2, -0.15) is 0 Å². The number of hydrogen-bond acceptors (Lipinski definition) is 4. The van der Waals surface area contributed by atoms with Gasteiger partial charge in [-0.05, 0) is 48.9 Å². The number of Topliss-reactive ketones (excluding diaryl/α,β-unsaturated/α-hetero) is 1. The molecule has 4 nitrogen and oxygen atoms in total. The number of ketones is 1. The summed E-state index contributed by atoms with van der Waals surface area (Å²) < 4.78 is 23.6. The molecule has 0 saturated heterocycles. The van der Waals surface area contributed by atoms with Gasteiger partial charge in [0.1, 0.15) is 17.7 Å². The monoisotopic (exact) mass is 344 g/mol. The second-order valence-corrected chi connectivity index (χ2v) is 5.89. The minimum Gasteiger partial charge on any atom is -0.497 e. The van der Waals surface area contributed by atoms with E-state index in [0.717, 1.165) is 0 Å². The molecule has 0 radical (unpaired) electrons. The number of ether oxygens (including phenoxy) is 2. The molecule has 0 spiro atoms. The highest BCUT2D eigenvalue weighted by Gasteiger charge is 2.22. The zero-order chi connectivity index (χ0) is 18.4. The summed E-state index contributed by atoms with van der Waals surface area (Å²) in [4.78, 5) is 24.5. The van der Waals surface area contributed by atoms with Crippen molar-refractivity contribution in [3.05, 3.63) is 65.5 Å². The Morgan fingerprint density at radius 1 is 1.08 bits per heavy atom. The van der Waals surface area contributed by atoms with Crippen molar-refractivity contribution >= 4 is 11.8 Å². The van der Waals surface area contributed by atoms with E-state index in [1.54, 1.807) is 57.4 Å². The molecule has 2 atom stereocenters. The maximum absolute atomic E-state index is 13.2. The van der Waals surface area contributed by atoms with E-state index in [-0.39, 0.29) is 18.0 Å². The molecule has 0 aromatic heterocycles. The van der Waals surface area contributed by atoms with E-state index >= 15 is 0 Å². The standard InChI is InChI=1S/C20H21FO4/c1-13(11-19(22)15-7-9-18(24-3)10-8-15)20(23)25-14(2)16-5-4-6-17(21)12-16/h4-10,12-14H,11H2,1-3H3/t13-,14-/m0/s1. The molecule has 0 unspecified atom stereocenters. The third-order valence-electron chi connectivity index (χ3n) is 3.92. The maximum atomic E-state index is 13.2. The van der Waals surface area contributed by atoms with E-state index in [1.165, 1.54) is 12.1 Å². The second-order valence-electron chi connectivity index (χ2n) is 5.89. The Balaban J connectivity index is 1.93. The van der Waals surface area contributed by atoms with Crippen LogP contribution in [0.1, 0.15) is 42.3 Å². The van der Waals surface area contributed by atoms with Crippen molar-refractivity contribution < 1.29 is 23.5 Å². The summed E-state index contributed by atoms with van der Waals surface area (Å²) in [6.07, 6.45) is -0.539. The number of benzene rings is 2. The molecule has 132 valence electrons. The fraction of sp³-hybridized carbons (Fsp3) is 0.300. The minimum absolute atomic E-state index is 0.0427. The maximum Gasteiger partial charge on any atom is 0.309 e. The molecular formula is C20H21FO4. The average molecular weight is 344 g/mol. The Hall–Kier alpha value is -2.69. The number of carbonyl (C=O) groups is 2. The summed E-state index contributed by atoms with van der Waals surface area (Å²) in [6, 6.07) is 12.6. The van der Waals surface area contributed by atoms with Gasteiger partial charge in [0.25, 0.3) is 0 Å². The molecule has 2 aromatic carbocycles. The molecule has 25 heavy (non-hydrogen) atoms. The first-order valence-corrected chi connectivity index (χ1v) is 8.04. The molecule has 0 aliphatic rings. The molecule has 2 aromatic rings. The molecule has 2 rings (SSSR count). The first-order chi connectivity index (χ1) is 11.9. The number of rotatable bonds is 7. The summed E-state index contributed by atoms with van der Waals surface area (Å²) in [5, 5.41) is 0. The van der Waals surface area contributed by atoms with Crippen LogP contribution in [0.15, 0.2) is 48.5 Å². The largest absolute Gasteiger partial charge is 0.497 e. The molecule has 0 heterocycles.